The zero-order chi connectivity index (χ0) is 26.5. The molecule has 0 bridgehead atoms. The van der Waals surface area contributed by atoms with Crippen LogP contribution >= 0.6 is 0 Å². The van der Waals surface area contributed by atoms with Crippen molar-refractivity contribution >= 4 is 11.9 Å². The molecule has 0 radical (unpaired) electrons. The molecule has 0 heterocycles. The van der Waals surface area contributed by atoms with Gasteiger partial charge in [0.05, 0.1) is 7.11 Å². The monoisotopic (exact) mass is 506 g/mol. The molecule has 210 valence electrons. The van der Waals surface area contributed by atoms with E-state index in [4.69, 9.17) is 0 Å². The third-order valence-electron chi connectivity index (χ3n) is 9.44. The summed E-state index contributed by atoms with van der Waals surface area (Å²) in [6.07, 6.45) is 19.7. The largest absolute Gasteiger partial charge is 0.469 e. The number of hydrogen-bond donors (Lipinski definition) is 0. The highest BCUT2D eigenvalue weighted by Crippen LogP contribution is 2.40. The number of rotatable bonds is 15. The summed E-state index contributed by atoms with van der Waals surface area (Å²) in [6, 6.07) is 1.20. The molecule has 5 nitrogen and oxygen atoms in total. The van der Waals surface area contributed by atoms with Crippen LogP contribution in [0.4, 0.5) is 0 Å². The highest BCUT2D eigenvalue weighted by atomic mass is 16.5. The predicted octanol–water partition coefficient (Wildman–Crippen LogP) is 7.08. The van der Waals surface area contributed by atoms with Gasteiger partial charge in [-0.2, -0.15) is 0 Å². The van der Waals surface area contributed by atoms with Gasteiger partial charge in [-0.25, -0.2) is 0 Å². The SMILES string of the molecule is COC(=O)CCCCCCCCCCC(=O)N(C)C1CCC(CC2CCC(N(C)C)C(C)C2)CC1C. The number of carbonyl (C=O) groups excluding carboxylic acids is 2. The number of methoxy groups -OCH3 is 1. The van der Waals surface area contributed by atoms with Crippen LogP contribution in [0.2, 0.25) is 0 Å². The molecule has 6 unspecified atom stereocenters. The maximum Gasteiger partial charge on any atom is 0.305 e. The summed E-state index contributed by atoms with van der Waals surface area (Å²) in [5.41, 5.74) is 0. The summed E-state index contributed by atoms with van der Waals surface area (Å²) in [6.45, 7) is 4.84. The summed E-state index contributed by atoms with van der Waals surface area (Å²) in [4.78, 5) is 28.5. The number of nitrogens with zero attached hydrogens (tertiary/aromatic N) is 2. The second-order valence-corrected chi connectivity index (χ2v) is 12.6. The van der Waals surface area contributed by atoms with E-state index < -0.39 is 0 Å². The third kappa shape index (κ3) is 10.7. The molecule has 2 rings (SSSR count). The van der Waals surface area contributed by atoms with Gasteiger partial charge in [0.25, 0.3) is 0 Å². The molecule has 2 aliphatic carbocycles. The summed E-state index contributed by atoms with van der Waals surface area (Å²) in [7, 11) is 7.99. The lowest BCUT2D eigenvalue weighted by atomic mass is 9.70. The molecule has 0 aromatic heterocycles. The van der Waals surface area contributed by atoms with Crippen LogP contribution in [-0.2, 0) is 14.3 Å². The maximum absolute atomic E-state index is 12.9. The molecule has 0 aliphatic heterocycles. The first-order chi connectivity index (χ1) is 17.2. The highest BCUT2D eigenvalue weighted by Gasteiger charge is 2.35. The molecule has 36 heavy (non-hydrogen) atoms. The average molecular weight is 507 g/mol. The molecular weight excluding hydrogens is 448 g/mol. The van der Waals surface area contributed by atoms with Crippen molar-refractivity contribution in [1.29, 1.82) is 0 Å². The Hall–Kier alpha value is -1.10. The van der Waals surface area contributed by atoms with Crippen molar-refractivity contribution in [3.63, 3.8) is 0 Å². The zero-order valence-corrected chi connectivity index (χ0v) is 24.6. The average Bonchev–Trinajstić information content (AvgIpc) is 2.84. The smallest absolute Gasteiger partial charge is 0.305 e. The van der Waals surface area contributed by atoms with Crippen molar-refractivity contribution in [2.45, 2.75) is 135 Å². The summed E-state index contributed by atoms with van der Waals surface area (Å²) in [5, 5.41) is 0. The van der Waals surface area contributed by atoms with Gasteiger partial charge in [-0.3, -0.25) is 9.59 Å². The molecule has 2 aliphatic rings. The third-order valence-corrected chi connectivity index (χ3v) is 9.44. The van der Waals surface area contributed by atoms with Crippen molar-refractivity contribution in [3.8, 4) is 0 Å². The van der Waals surface area contributed by atoms with Crippen molar-refractivity contribution in [1.82, 2.24) is 9.80 Å². The highest BCUT2D eigenvalue weighted by molar-refractivity contribution is 5.76. The van der Waals surface area contributed by atoms with E-state index in [1.165, 1.54) is 77.7 Å². The van der Waals surface area contributed by atoms with Gasteiger partial charge in [0.1, 0.15) is 0 Å². The van der Waals surface area contributed by atoms with Gasteiger partial charge in [0.2, 0.25) is 5.91 Å². The second-order valence-electron chi connectivity index (χ2n) is 12.6. The van der Waals surface area contributed by atoms with E-state index in [1.807, 2.05) is 0 Å². The Labute approximate surface area is 223 Å². The van der Waals surface area contributed by atoms with Crippen molar-refractivity contribution in [2.24, 2.45) is 23.7 Å². The van der Waals surface area contributed by atoms with Crippen LogP contribution in [0.15, 0.2) is 0 Å². The first-order valence-corrected chi connectivity index (χ1v) is 15.2. The minimum Gasteiger partial charge on any atom is -0.469 e. The van der Waals surface area contributed by atoms with Gasteiger partial charge in [0.15, 0.2) is 0 Å². The summed E-state index contributed by atoms with van der Waals surface area (Å²) >= 11 is 0. The molecule has 0 saturated heterocycles. The van der Waals surface area contributed by atoms with E-state index in [0.29, 0.717) is 30.7 Å². The number of hydrogen-bond acceptors (Lipinski definition) is 4. The Kier molecular flexibility index (Phi) is 14.4. The lowest BCUT2D eigenvalue weighted by Crippen LogP contribution is -2.44. The number of ether oxygens (including phenoxy) is 1. The molecule has 0 spiro atoms. The van der Waals surface area contributed by atoms with Crippen LogP contribution in [0.3, 0.4) is 0 Å². The van der Waals surface area contributed by atoms with Crippen molar-refractivity contribution < 1.29 is 14.3 Å². The molecule has 1 amide bonds. The van der Waals surface area contributed by atoms with E-state index in [-0.39, 0.29) is 5.97 Å². The van der Waals surface area contributed by atoms with E-state index in [9.17, 15) is 9.59 Å². The van der Waals surface area contributed by atoms with Crippen LogP contribution in [-0.4, -0.2) is 62.0 Å². The first kappa shape index (κ1) is 31.1. The minimum absolute atomic E-state index is 0.0976. The Morgan fingerprint density at radius 2 is 1.17 bits per heavy atom. The fourth-order valence-electron chi connectivity index (χ4n) is 7.30. The van der Waals surface area contributed by atoms with Crippen LogP contribution in [0.1, 0.15) is 123 Å². The van der Waals surface area contributed by atoms with E-state index in [0.717, 1.165) is 49.5 Å². The number of unbranched alkanes of at least 4 members (excludes halogenated alkanes) is 7. The van der Waals surface area contributed by atoms with E-state index >= 15 is 0 Å². The number of carbonyl (C=O) groups is 2. The van der Waals surface area contributed by atoms with Gasteiger partial charge in [-0.1, -0.05) is 52.4 Å². The predicted molar refractivity (Wildman–Crippen MR) is 150 cm³/mol. The molecule has 5 heteroatoms. The minimum atomic E-state index is -0.0976. The standard InChI is InChI=1S/C31H58N2O3/c1-24-21-26(17-19-28(24)32(3)4)23-27-18-20-29(25(2)22-27)33(5)30(34)15-13-11-9-7-8-10-12-14-16-31(35)36-6/h24-29H,7-23H2,1-6H3. The van der Waals surface area contributed by atoms with Gasteiger partial charge in [0, 0.05) is 32.0 Å². The molecule has 2 saturated carbocycles. The van der Waals surface area contributed by atoms with E-state index in [2.05, 4.69) is 49.5 Å². The maximum atomic E-state index is 12.9. The second kappa shape index (κ2) is 16.7. The fraction of sp³-hybridized carbons (Fsp3) is 0.935. The van der Waals surface area contributed by atoms with Crippen LogP contribution in [0.25, 0.3) is 0 Å². The lowest BCUT2D eigenvalue weighted by Gasteiger charge is -2.42. The molecule has 0 aromatic rings. The first-order valence-electron chi connectivity index (χ1n) is 15.2. The zero-order valence-electron chi connectivity index (χ0n) is 24.6. The van der Waals surface area contributed by atoms with Crippen LogP contribution in [0, 0.1) is 23.7 Å². The normalized spacial score (nSPS) is 28.8. The Bertz CT molecular complexity index is 637. The summed E-state index contributed by atoms with van der Waals surface area (Å²) < 4.78 is 4.68. The molecule has 2 fully saturated rings. The van der Waals surface area contributed by atoms with Crippen LogP contribution < -0.4 is 0 Å². The molecule has 0 N–H and O–H groups in total. The fourth-order valence-corrected chi connectivity index (χ4v) is 7.30. The topological polar surface area (TPSA) is 49.9 Å². The number of esters is 1. The van der Waals surface area contributed by atoms with Crippen molar-refractivity contribution in [3.05, 3.63) is 0 Å². The van der Waals surface area contributed by atoms with E-state index in [1.54, 1.807) is 0 Å². The molecule has 6 atom stereocenters. The Balaban J connectivity index is 1.56. The lowest BCUT2D eigenvalue weighted by molar-refractivity contribution is -0.140. The molecule has 0 aromatic carbocycles. The Morgan fingerprint density at radius 3 is 1.64 bits per heavy atom. The van der Waals surface area contributed by atoms with Crippen molar-refractivity contribution in [2.75, 3.05) is 28.3 Å². The van der Waals surface area contributed by atoms with Crippen LogP contribution in [0.5, 0.6) is 0 Å². The molecular formula is C31H58N2O3. The van der Waals surface area contributed by atoms with Gasteiger partial charge < -0.3 is 14.5 Å². The number of amides is 1. The van der Waals surface area contributed by atoms with Gasteiger partial charge in [-0.05, 0) is 95.6 Å². The van der Waals surface area contributed by atoms with Gasteiger partial charge in [-0.15, -0.1) is 0 Å². The summed E-state index contributed by atoms with van der Waals surface area (Å²) in [5.74, 6) is 3.45. The quantitative estimate of drug-likeness (QED) is 0.176. The Morgan fingerprint density at radius 1 is 0.694 bits per heavy atom. The van der Waals surface area contributed by atoms with Gasteiger partial charge >= 0.3 is 5.97 Å².